The molecule has 0 saturated carbocycles. The van der Waals surface area contributed by atoms with Crippen molar-refractivity contribution < 1.29 is 0 Å². The van der Waals surface area contributed by atoms with Crippen LogP contribution in [0, 0.1) is 0 Å². The molecule has 6 aromatic heterocycles. The molecule has 8 heteroatoms. The van der Waals surface area contributed by atoms with Crippen LogP contribution in [-0.2, 0) is 0 Å². The van der Waals surface area contributed by atoms with E-state index in [1.54, 1.807) is 0 Å². The maximum Gasteiger partial charge on any atom is 0.160 e. The number of hydrogen-bond donors (Lipinski definition) is 0. The largest absolute Gasteiger partial charge is 0.309 e. The van der Waals surface area contributed by atoms with Gasteiger partial charge in [0.05, 0.1) is 66.9 Å². The van der Waals surface area contributed by atoms with Crippen LogP contribution in [0.25, 0.3) is 200 Å². The molecular formula is C104H68N8. The normalized spacial score (nSPS) is 11.6. The van der Waals surface area contributed by atoms with Gasteiger partial charge in [0, 0.05) is 99.2 Å². The van der Waals surface area contributed by atoms with E-state index in [2.05, 4.69) is 394 Å². The van der Waals surface area contributed by atoms with Gasteiger partial charge in [-0.3, -0.25) is 0 Å². The van der Waals surface area contributed by atoms with Gasteiger partial charge < -0.3 is 18.3 Å². The molecule has 0 bridgehead atoms. The van der Waals surface area contributed by atoms with Crippen molar-refractivity contribution in [2.45, 2.75) is 0 Å². The van der Waals surface area contributed by atoms with Crippen LogP contribution in [0.1, 0.15) is 0 Å². The molecule has 0 N–H and O–H groups in total. The Hall–Kier alpha value is -15.1. The number of rotatable bonds is 12. The predicted octanol–water partition coefficient (Wildman–Crippen LogP) is 26.7. The van der Waals surface area contributed by atoms with Crippen LogP contribution in [-0.4, -0.2) is 38.2 Å². The van der Waals surface area contributed by atoms with Crippen LogP contribution in [0.4, 0.5) is 0 Å². The van der Waals surface area contributed by atoms with Crippen LogP contribution >= 0.6 is 0 Å². The van der Waals surface area contributed by atoms with Crippen molar-refractivity contribution in [1.29, 1.82) is 0 Å². The third-order valence-corrected chi connectivity index (χ3v) is 21.8. The summed E-state index contributed by atoms with van der Waals surface area (Å²) in [4.78, 5) is 20.4. The van der Waals surface area contributed by atoms with Crippen LogP contribution in [0.3, 0.4) is 0 Å². The van der Waals surface area contributed by atoms with Crippen LogP contribution < -0.4 is 0 Å². The summed E-state index contributed by atoms with van der Waals surface area (Å²) >= 11 is 0. The van der Waals surface area contributed by atoms with E-state index in [1.165, 1.54) is 87.4 Å². The van der Waals surface area contributed by atoms with Gasteiger partial charge in [-0.1, -0.05) is 291 Å². The standard InChI is InChI=1S/2C52H34N4/c1-4-15-35(16-5-1)46-34-47(54-52(53-46)36-17-6-2-7-18-36)39-19-14-22-41(31-39)56-49-26-13-11-24-43(49)45-32-37(28-30-50(45)56)38-27-29-44-42-23-10-12-25-48(42)55(51(44)33-38)40-20-8-3-9-21-40;1-4-15-35(16-5-1)46-34-47(36-17-6-2-7-18-36)54-52(53-46)39-19-14-22-41(31-39)56-49-26-13-11-24-43(49)45-32-37(28-30-50(45)56)38-27-29-44-42-23-10-12-25-48(42)55(51(44)33-38)40-20-8-3-9-21-40/h2*1-34H. The number of para-hydroxylation sites is 6. The molecular weight excluding hydrogens is 1360 g/mol. The molecule has 112 heavy (non-hydrogen) atoms. The van der Waals surface area contributed by atoms with Gasteiger partial charge in [0.1, 0.15) is 0 Å². The molecule has 0 spiro atoms. The fourth-order valence-corrected chi connectivity index (χ4v) is 16.6. The fraction of sp³-hybridized carbons (Fsp3) is 0. The maximum atomic E-state index is 5.13. The lowest BCUT2D eigenvalue weighted by Gasteiger charge is -2.12. The summed E-state index contributed by atoms with van der Waals surface area (Å²) in [5.41, 5.74) is 28.3. The second-order valence-corrected chi connectivity index (χ2v) is 28.5. The second-order valence-electron chi connectivity index (χ2n) is 28.5. The van der Waals surface area contributed by atoms with Gasteiger partial charge in [-0.15, -0.1) is 0 Å². The molecule has 0 atom stereocenters. The molecule has 0 radical (unpaired) electrons. The molecule has 524 valence electrons. The van der Waals surface area contributed by atoms with E-state index in [1.807, 2.05) is 36.4 Å². The number of aromatic nitrogens is 8. The first-order chi connectivity index (χ1) is 55.5. The lowest BCUT2D eigenvalue weighted by molar-refractivity contribution is 1.16. The molecule has 0 aliphatic heterocycles. The minimum Gasteiger partial charge on any atom is -0.309 e. The summed E-state index contributed by atoms with van der Waals surface area (Å²) in [6, 6.07) is 146. The van der Waals surface area contributed by atoms with Crippen LogP contribution in [0.2, 0.25) is 0 Å². The Labute approximate surface area is 646 Å². The Bertz CT molecular complexity index is 6790. The molecule has 0 fully saturated rings. The molecule has 0 aliphatic rings. The van der Waals surface area contributed by atoms with Crippen molar-refractivity contribution in [1.82, 2.24) is 38.2 Å². The molecule has 16 aromatic carbocycles. The number of hydrogen-bond acceptors (Lipinski definition) is 4. The first-order valence-corrected chi connectivity index (χ1v) is 38.0. The summed E-state index contributed by atoms with van der Waals surface area (Å²) in [5, 5.41) is 9.87. The maximum absolute atomic E-state index is 5.13. The zero-order valence-corrected chi connectivity index (χ0v) is 60.8. The van der Waals surface area contributed by atoms with E-state index in [0.29, 0.717) is 11.6 Å². The smallest absolute Gasteiger partial charge is 0.160 e. The Morgan fingerprint density at radius 1 is 0.134 bits per heavy atom. The van der Waals surface area contributed by atoms with Crippen molar-refractivity contribution >= 4 is 87.2 Å². The zero-order chi connectivity index (χ0) is 74.0. The van der Waals surface area contributed by atoms with Gasteiger partial charge in [-0.25, -0.2) is 19.9 Å². The number of benzene rings is 16. The van der Waals surface area contributed by atoms with Gasteiger partial charge in [0.15, 0.2) is 11.6 Å². The SMILES string of the molecule is c1ccc(-c2cc(-c3cccc(-n4c5ccccc5c5cc(-c6ccc7c8ccccc8n(-c8ccccc8)c7c6)ccc54)c3)nc(-c3ccccc3)n2)cc1.c1ccc(-c2cc(-c3ccccc3)nc(-c3cccc(-n4c5ccccc5c5cc(-c6ccc7c8ccccc8n(-c8ccccc8)c7c6)ccc54)c3)n2)cc1. The van der Waals surface area contributed by atoms with Gasteiger partial charge in [0.2, 0.25) is 0 Å². The quantitative estimate of drug-likeness (QED) is 0.122. The highest BCUT2D eigenvalue weighted by Crippen LogP contribution is 2.43. The number of fused-ring (bicyclic) bond motifs is 12. The second kappa shape index (κ2) is 27.6. The summed E-state index contributed by atoms with van der Waals surface area (Å²) < 4.78 is 9.52. The molecule has 0 aliphatic carbocycles. The van der Waals surface area contributed by atoms with Crippen LogP contribution in [0.15, 0.2) is 413 Å². The summed E-state index contributed by atoms with van der Waals surface area (Å²) in [7, 11) is 0. The topological polar surface area (TPSA) is 71.3 Å². The fourth-order valence-electron chi connectivity index (χ4n) is 16.6. The highest BCUT2D eigenvalue weighted by molar-refractivity contribution is 6.15. The summed E-state index contributed by atoms with van der Waals surface area (Å²) in [5.74, 6) is 1.40. The Kier molecular flexibility index (Phi) is 16.1. The van der Waals surface area contributed by atoms with Crippen molar-refractivity contribution in [2.75, 3.05) is 0 Å². The van der Waals surface area contributed by atoms with Crippen LogP contribution in [0.5, 0.6) is 0 Å². The average molecular weight is 1430 g/mol. The first kappa shape index (κ1) is 65.2. The molecule has 0 amide bonds. The highest BCUT2D eigenvalue weighted by Gasteiger charge is 2.22. The van der Waals surface area contributed by atoms with Crippen molar-refractivity contribution in [3.63, 3.8) is 0 Å². The van der Waals surface area contributed by atoms with E-state index >= 15 is 0 Å². The predicted molar refractivity (Wildman–Crippen MR) is 465 cm³/mol. The van der Waals surface area contributed by atoms with E-state index in [4.69, 9.17) is 19.9 Å². The minimum atomic E-state index is 0.693. The lowest BCUT2D eigenvalue weighted by atomic mass is 10.0. The Morgan fingerprint density at radius 2 is 0.393 bits per heavy atom. The monoisotopic (exact) mass is 1430 g/mol. The third-order valence-electron chi connectivity index (χ3n) is 21.8. The zero-order valence-electron chi connectivity index (χ0n) is 60.8. The van der Waals surface area contributed by atoms with E-state index in [9.17, 15) is 0 Å². The van der Waals surface area contributed by atoms with Gasteiger partial charge in [-0.05, 0) is 144 Å². The first-order valence-electron chi connectivity index (χ1n) is 38.0. The minimum absolute atomic E-state index is 0.693. The van der Waals surface area contributed by atoms with Gasteiger partial charge in [0.25, 0.3) is 0 Å². The van der Waals surface area contributed by atoms with E-state index in [-0.39, 0.29) is 0 Å². The molecule has 22 rings (SSSR count). The van der Waals surface area contributed by atoms with Gasteiger partial charge in [-0.2, -0.15) is 0 Å². The van der Waals surface area contributed by atoms with Crippen molar-refractivity contribution in [3.8, 4) is 113 Å². The highest BCUT2D eigenvalue weighted by atomic mass is 15.0. The van der Waals surface area contributed by atoms with Gasteiger partial charge >= 0.3 is 0 Å². The van der Waals surface area contributed by atoms with Crippen molar-refractivity contribution in [2.24, 2.45) is 0 Å². The molecule has 6 heterocycles. The molecule has 0 saturated heterocycles. The molecule has 0 unspecified atom stereocenters. The average Bonchev–Trinajstić information content (AvgIpc) is 1.60. The number of nitrogens with zero attached hydrogens (tertiary/aromatic N) is 8. The molecule has 8 nitrogen and oxygen atoms in total. The van der Waals surface area contributed by atoms with E-state index < -0.39 is 0 Å². The summed E-state index contributed by atoms with van der Waals surface area (Å²) in [6.45, 7) is 0. The van der Waals surface area contributed by atoms with E-state index in [0.717, 1.165) is 101 Å². The van der Waals surface area contributed by atoms with Crippen molar-refractivity contribution in [3.05, 3.63) is 413 Å². The molecule has 22 aromatic rings. The summed E-state index contributed by atoms with van der Waals surface area (Å²) in [6.07, 6.45) is 0. The lowest BCUT2D eigenvalue weighted by Crippen LogP contribution is -1.98. The Balaban J connectivity index is 0.000000141. The Morgan fingerprint density at radius 3 is 0.795 bits per heavy atom. The third kappa shape index (κ3) is 11.6.